The van der Waals surface area contributed by atoms with Gasteiger partial charge in [0.2, 0.25) is 0 Å². The van der Waals surface area contributed by atoms with E-state index in [0.29, 0.717) is 6.04 Å². The lowest BCUT2D eigenvalue weighted by Crippen LogP contribution is -2.47. The van der Waals surface area contributed by atoms with Crippen LogP contribution >= 0.6 is 0 Å². The van der Waals surface area contributed by atoms with Crippen molar-refractivity contribution in [3.63, 3.8) is 0 Å². The Balaban J connectivity index is 1.89. The number of rotatable bonds is 5. The molecule has 2 fully saturated rings. The lowest BCUT2D eigenvalue weighted by Gasteiger charge is -2.39. The molecule has 0 bridgehead atoms. The highest BCUT2D eigenvalue weighted by Gasteiger charge is 2.29. The highest BCUT2D eigenvalue weighted by molar-refractivity contribution is 4.84. The minimum Gasteiger partial charge on any atom is -0.316 e. The van der Waals surface area contributed by atoms with Crippen molar-refractivity contribution in [2.45, 2.75) is 71.4 Å². The van der Waals surface area contributed by atoms with Crippen LogP contribution in [0.15, 0.2) is 0 Å². The Labute approximate surface area is 114 Å². The van der Waals surface area contributed by atoms with Gasteiger partial charge in [0, 0.05) is 18.6 Å². The zero-order valence-corrected chi connectivity index (χ0v) is 12.6. The molecule has 1 saturated heterocycles. The first-order chi connectivity index (χ1) is 8.68. The number of hydrogen-bond acceptors (Lipinski definition) is 2. The Kier molecular flexibility index (Phi) is 5.50. The van der Waals surface area contributed by atoms with Crippen LogP contribution in [0, 0.1) is 11.8 Å². The molecule has 106 valence electrons. The zero-order chi connectivity index (χ0) is 13.0. The molecule has 1 saturated carbocycles. The minimum absolute atomic E-state index is 0.697. The molecule has 0 spiro atoms. The zero-order valence-electron chi connectivity index (χ0n) is 12.6. The van der Waals surface area contributed by atoms with Crippen LogP contribution in [0.25, 0.3) is 0 Å². The SMILES string of the molecule is CC(C)N(CC1CCCNC1)C(C)C1CCCC1. The quantitative estimate of drug-likeness (QED) is 0.808. The van der Waals surface area contributed by atoms with Crippen molar-refractivity contribution in [2.75, 3.05) is 19.6 Å². The lowest BCUT2D eigenvalue weighted by molar-refractivity contribution is 0.0921. The normalized spacial score (nSPS) is 28.2. The van der Waals surface area contributed by atoms with E-state index >= 15 is 0 Å². The second-order valence-corrected chi connectivity index (χ2v) is 6.79. The Hall–Kier alpha value is -0.0800. The maximum absolute atomic E-state index is 3.56. The van der Waals surface area contributed by atoms with Crippen molar-refractivity contribution >= 4 is 0 Å². The van der Waals surface area contributed by atoms with Gasteiger partial charge in [-0.2, -0.15) is 0 Å². The van der Waals surface area contributed by atoms with Crippen molar-refractivity contribution < 1.29 is 0 Å². The highest BCUT2D eigenvalue weighted by atomic mass is 15.2. The summed E-state index contributed by atoms with van der Waals surface area (Å²) in [6.07, 6.45) is 8.65. The molecule has 0 aromatic heterocycles. The van der Waals surface area contributed by atoms with Crippen LogP contribution in [0.2, 0.25) is 0 Å². The van der Waals surface area contributed by atoms with Gasteiger partial charge >= 0.3 is 0 Å². The molecule has 0 amide bonds. The first-order valence-electron chi connectivity index (χ1n) is 8.15. The average Bonchev–Trinajstić information content (AvgIpc) is 2.90. The molecule has 1 aliphatic heterocycles. The van der Waals surface area contributed by atoms with Crippen molar-refractivity contribution in [1.82, 2.24) is 10.2 Å². The maximum atomic E-state index is 3.56. The Morgan fingerprint density at radius 2 is 1.78 bits per heavy atom. The van der Waals surface area contributed by atoms with E-state index in [-0.39, 0.29) is 0 Å². The number of piperidine rings is 1. The third-order valence-corrected chi connectivity index (χ3v) is 5.14. The summed E-state index contributed by atoms with van der Waals surface area (Å²) in [5.41, 5.74) is 0. The van der Waals surface area contributed by atoms with Crippen LogP contribution in [0.5, 0.6) is 0 Å². The minimum atomic E-state index is 0.697. The molecule has 2 atom stereocenters. The molecule has 2 unspecified atom stereocenters. The van der Waals surface area contributed by atoms with E-state index in [9.17, 15) is 0 Å². The van der Waals surface area contributed by atoms with Crippen LogP contribution in [-0.4, -0.2) is 36.6 Å². The van der Waals surface area contributed by atoms with E-state index in [1.165, 1.54) is 58.2 Å². The van der Waals surface area contributed by atoms with E-state index in [4.69, 9.17) is 0 Å². The van der Waals surface area contributed by atoms with Crippen molar-refractivity contribution in [2.24, 2.45) is 11.8 Å². The Bertz CT molecular complexity index is 227. The highest BCUT2D eigenvalue weighted by Crippen LogP contribution is 2.31. The monoisotopic (exact) mass is 252 g/mol. The van der Waals surface area contributed by atoms with E-state index in [1.807, 2.05) is 0 Å². The fourth-order valence-corrected chi connectivity index (χ4v) is 3.94. The van der Waals surface area contributed by atoms with Crippen LogP contribution in [-0.2, 0) is 0 Å². The molecule has 18 heavy (non-hydrogen) atoms. The van der Waals surface area contributed by atoms with Crippen LogP contribution in [0.4, 0.5) is 0 Å². The van der Waals surface area contributed by atoms with Crippen LogP contribution in [0.1, 0.15) is 59.3 Å². The molecule has 1 heterocycles. The van der Waals surface area contributed by atoms with Crippen molar-refractivity contribution in [1.29, 1.82) is 0 Å². The third-order valence-electron chi connectivity index (χ3n) is 5.14. The summed E-state index contributed by atoms with van der Waals surface area (Å²) in [5.74, 6) is 1.84. The molecule has 2 heteroatoms. The molecule has 2 nitrogen and oxygen atoms in total. The van der Waals surface area contributed by atoms with Gasteiger partial charge in [-0.3, -0.25) is 4.90 Å². The standard InChI is InChI=1S/C16H32N2/c1-13(2)18(12-15-7-6-10-17-11-15)14(3)16-8-4-5-9-16/h13-17H,4-12H2,1-3H3. The Morgan fingerprint density at radius 1 is 1.06 bits per heavy atom. The number of nitrogens with one attached hydrogen (secondary N) is 1. The maximum Gasteiger partial charge on any atom is 0.00980 e. The summed E-state index contributed by atoms with van der Waals surface area (Å²) >= 11 is 0. The molecule has 0 aromatic carbocycles. The predicted molar refractivity (Wildman–Crippen MR) is 78.9 cm³/mol. The molecule has 2 rings (SSSR count). The first kappa shape index (κ1) is 14.3. The fourth-order valence-electron chi connectivity index (χ4n) is 3.94. The van der Waals surface area contributed by atoms with Gasteiger partial charge in [-0.15, -0.1) is 0 Å². The smallest absolute Gasteiger partial charge is 0.00980 e. The summed E-state index contributed by atoms with van der Waals surface area (Å²) in [7, 11) is 0. The number of nitrogens with zero attached hydrogens (tertiary/aromatic N) is 1. The van der Waals surface area contributed by atoms with Crippen LogP contribution < -0.4 is 5.32 Å². The van der Waals surface area contributed by atoms with Gasteiger partial charge in [0.15, 0.2) is 0 Å². The largest absolute Gasteiger partial charge is 0.316 e. The predicted octanol–water partition coefficient (Wildman–Crippen LogP) is 3.28. The first-order valence-corrected chi connectivity index (χ1v) is 8.15. The Morgan fingerprint density at radius 3 is 2.33 bits per heavy atom. The van der Waals surface area contributed by atoms with Gasteiger partial charge in [0.05, 0.1) is 0 Å². The molecule has 1 N–H and O–H groups in total. The summed E-state index contributed by atoms with van der Waals surface area (Å²) in [5, 5.41) is 3.56. The molecule has 1 aliphatic carbocycles. The van der Waals surface area contributed by atoms with E-state index in [0.717, 1.165) is 17.9 Å². The van der Waals surface area contributed by atoms with E-state index in [1.54, 1.807) is 0 Å². The fraction of sp³-hybridized carbons (Fsp3) is 1.00. The molecule has 0 aromatic rings. The molecular weight excluding hydrogens is 220 g/mol. The van der Waals surface area contributed by atoms with Gasteiger partial charge in [-0.25, -0.2) is 0 Å². The van der Waals surface area contributed by atoms with Crippen molar-refractivity contribution in [3.05, 3.63) is 0 Å². The summed E-state index contributed by atoms with van der Waals surface area (Å²) in [6.45, 7) is 11.0. The van der Waals surface area contributed by atoms with Gasteiger partial charge in [-0.05, 0) is 71.4 Å². The van der Waals surface area contributed by atoms with E-state index in [2.05, 4.69) is 31.0 Å². The second kappa shape index (κ2) is 6.91. The summed E-state index contributed by atoms with van der Waals surface area (Å²) in [4.78, 5) is 2.79. The van der Waals surface area contributed by atoms with Gasteiger partial charge in [-0.1, -0.05) is 12.8 Å². The third kappa shape index (κ3) is 3.71. The van der Waals surface area contributed by atoms with Gasteiger partial charge in [0.1, 0.15) is 0 Å². The second-order valence-electron chi connectivity index (χ2n) is 6.79. The number of hydrogen-bond donors (Lipinski definition) is 1. The van der Waals surface area contributed by atoms with Crippen LogP contribution in [0.3, 0.4) is 0 Å². The summed E-state index contributed by atoms with van der Waals surface area (Å²) < 4.78 is 0. The average molecular weight is 252 g/mol. The van der Waals surface area contributed by atoms with Crippen molar-refractivity contribution in [3.8, 4) is 0 Å². The van der Waals surface area contributed by atoms with E-state index < -0.39 is 0 Å². The molecular formula is C16H32N2. The molecule has 0 radical (unpaired) electrons. The lowest BCUT2D eigenvalue weighted by atomic mass is 9.93. The summed E-state index contributed by atoms with van der Waals surface area (Å²) in [6, 6.07) is 1.48. The van der Waals surface area contributed by atoms with Gasteiger partial charge in [0.25, 0.3) is 0 Å². The van der Waals surface area contributed by atoms with Gasteiger partial charge < -0.3 is 5.32 Å². The topological polar surface area (TPSA) is 15.3 Å². The molecule has 2 aliphatic rings.